The zero-order chi connectivity index (χ0) is 16.7. The monoisotopic (exact) mass is 315 g/mol. The quantitative estimate of drug-likeness (QED) is 0.697. The van der Waals surface area contributed by atoms with Crippen LogP contribution in [0.15, 0.2) is 48.5 Å². The molecule has 4 nitrogen and oxygen atoms in total. The van der Waals surface area contributed by atoms with Crippen LogP contribution in [0.2, 0.25) is 0 Å². The van der Waals surface area contributed by atoms with Crippen LogP contribution in [0.1, 0.15) is 17.2 Å². The van der Waals surface area contributed by atoms with Gasteiger partial charge in [0.2, 0.25) is 0 Å². The van der Waals surface area contributed by atoms with Gasteiger partial charge in [0.05, 0.1) is 7.11 Å². The molecular formula is C19H25NO3. The Morgan fingerprint density at radius 1 is 0.957 bits per heavy atom. The standard InChI is InChI=1S/C19H25NO3/c1-20(2)19(12-15-7-5-9-17(11-15)22-4)16-8-6-10-18(13-16)23-14-21-3/h5-11,13,19H,12,14H2,1-4H3. The summed E-state index contributed by atoms with van der Waals surface area (Å²) in [6.07, 6.45) is 0.901. The third kappa shape index (κ3) is 4.98. The van der Waals surface area contributed by atoms with Crippen LogP contribution in [0.5, 0.6) is 11.5 Å². The van der Waals surface area contributed by atoms with Crippen molar-refractivity contribution in [3.63, 3.8) is 0 Å². The topological polar surface area (TPSA) is 30.9 Å². The van der Waals surface area contributed by atoms with E-state index in [1.807, 2.05) is 24.3 Å². The average molecular weight is 315 g/mol. The third-order valence-electron chi connectivity index (χ3n) is 3.77. The molecule has 0 radical (unpaired) electrons. The van der Waals surface area contributed by atoms with Gasteiger partial charge in [0.15, 0.2) is 6.79 Å². The second-order valence-corrected chi connectivity index (χ2v) is 5.66. The molecule has 0 aliphatic rings. The number of nitrogens with zero attached hydrogens (tertiary/aromatic N) is 1. The van der Waals surface area contributed by atoms with Crippen molar-refractivity contribution in [2.24, 2.45) is 0 Å². The van der Waals surface area contributed by atoms with Crippen molar-refractivity contribution in [1.82, 2.24) is 4.90 Å². The lowest BCUT2D eigenvalue weighted by Crippen LogP contribution is -2.22. The van der Waals surface area contributed by atoms with Gasteiger partial charge in [-0.05, 0) is 55.9 Å². The van der Waals surface area contributed by atoms with E-state index in [4.69, 9.17) is 14.2 Å². The minimum absolute atomic E-state index is 0.256. The van der Waals surface area contributed by atoms with Gasteiger partial charge in [-0.25, -0.2) is 0 Å². The number of methoxy groups -OCH3 is 2. The van der Waals surface area contributed by atoms with E-state index in [0.29, 0.717) is 0 Å². The van der Waals surface area contributed by atoms with Gasteiger partial charge in [0.25, 0.3) is 0 Å². The maximum Gasteiger partial charge on any atom is 0.188 e. The number of benzene rings is 2. The molecule has 0 bridgehead atoms. The Hall–Kier alpha value is -2.04. The lowest BCUT2D eigenvalue weighted by atomic mass is 9.97. The van der Waals surface area contributed by atoms with Gasteiger partial charge in [0.1, 0.15) is 11.5 Å². The zero-order valence-corrected chi connectivity index (χ0v) is 14.3. The molecule has 0 aliphatic carbocycles. The van der Waals surface area contributed by atoms with Crippen molar-refractivity contribution < 1.29 is 14.2 Å². The molecule has 0 spiro atoms. The molecule has 1 unspecified atom stereocenters. The van der Waals surface area contributed by atoms with Gasteiger partial charge >= 0.3 is 0 Å². The van der Waals surface area contributed by atoms with Crippen LogP contribution in [0.3, 0.4) is 0 Å². The Kier molecular flexibility index (Phi) is 6.44. The number of hydrogen-bond donors (Lipinski definition) is 0. The van der Waals surface area contributed by atoms with Crippen molar-refractivity contribution in [2.75, 3.05) is 35.1 Å². The summed E-state index contributed by atoms with van der Waals surface area (Å²) in [6.45, 7) is 0.256. The maximum atomic E-state index is 5.55. The van der Waals surface area contributed by atoms with Crippen LogP contribution in [0.4, 0.5) is 0 Å². The highest BCUT2D eigenvalue weighted by molar-refractivity contribution is 5.34. The Morgan fingerprint density at radius 2 is 1.70 bits per heavy atom. The molecule has 0 heterocycles. The molecule has 2 aromatic carbocycles. The fourth-order valence-electron chi connectivity index (χ4n) is 2.56. The van der Waals surface area contributed by atoms with Crippen LogP contribution in [0, 0.1) is 0 Å². The van der Waals surface area contributed by atoms with E-state index < -0.39 is 0 Å². The average Bonchev–Trinajstić information content (AvgIpc) is 2.58. The van der Waals surface area contributed by atoms with Gasteiger partial charge in [0, 0.05) is 13.2 Å². The summed E-state index contributed by atoms with van der Waals surface area (Å²) in [7, 11) is 7.50. The summed E-state index contributed by atoms with van der Waals surface area (Å²) in [4.78, 5) is 2.22. The molecule has 0 fully saturated rings. The first-order valence-electron chi connectivity index (χ1n) is 7.65. The molecule has 1 atom stereocenters. The predicted octanol–water partition coefficient (Wildman–Crippen LogP) is 3.52. The predicted molar refractivity (Wildman–Crippen MR) is 92.1 cm³/mol. The van der Waals surface area contributed by atoms with E-state index in [1.165, 1.54) is 11.1 Å². The van der Waals surface area contributed by atoms with Gasteiger partial charge < -0.3 is 19.1 Å². The molecule has 0 aromatic heterocycles. The molecular weight excluding hydrogens is 290 g/mol. The first-order chi connectivity index (χ1) is 11.1. The smallest absolute Gasteiger partial charge is 0.188 e. The molecule has 23 heavy (non-hydrogen) atoms. The molecule has 0 N–H and O–H groups in total. The van der Waals surface area contributed by atoms with E-state index in [1.54, 1.807) is 14.2 Å². The van der Waals surface area contributed by atoms with Crippen LogP contribution >= 0.6 is 0 Å². The minimum atomic E-state index is 0.256. The number of rotatable bonds is 8. The van der Waals surface area contributed by atoms with E-state index in [0.717, 1.165) is 17.9 Å². The molecule has 2 rings (SSSR count). The summed E-state index contributed by atoms with van der Waals surface area (Å²) in [5.41, 5.74) is 2.46. The number of likely N-dealkylation sites (N-methyl/N-ethyl adjacent to an activating group) is 1. The number of hydrogen-bond acceptors (Lipinski definition) is 4. The van der Waals surface area contributed by atoms with Crippen LogP contribution in [-0.4, -0.2) is 40.0 Å². The fourth-order valence-corrected chi connectivity index (χ4v) is 2.56. The summed E-state index contributed by atoms with van der Waals surface area (Å²) < 4.78 is 15.8. The van der Waals surface area contributed by atoms with Crippen molar-refractivity contribution in [3.05, 3.63) is 59.7 Å². The summed E-state index contributed by atoms with van der Waals surface area (Å²) in [6, 6.07) is 16.6. The third-order valence-corrected chi connectivity index (χ3v) is 3.77. The maximum absolute atomic E-state index is 5.55. The Labute approximate surface area is 138 Å². The molecule has 2 aromatic rings. The van der Waals surface area contributed by atoms with Crippen LogP contribution in [0.25, 0.3) is 0 Å². The number of ether oxygens (including phenoxy) is 3. The minimum Gasteiger partial charge on any atom is -0.497 e. The highest BCUT2D eigenvalue weighted by atomic mass is 16.7. The van der Waals surface area contributed by atoms with E-state index in [9.17, 15) is 0 Å². The second kappa shape index (κ2) is 8.56. The largest absolute Gasteiger partial charge is 0.497 e. The summed E-state index contributed by atoms with van der Waals surface area (Å²) in [5.74, 6) is 1.71. The summed E-state index contributed by atoms with van der Waals surface area (Å²) >= 11 is 0. The lowest BCUT2D eigenvalue weighted by Gasteiger charge is -2.25. The van der Waals surface area contributed by atoms with Crippen molar-refractivity contribution in [1.29, 1.82) is 0 Å². The second-order valence-electron chi connectivity index (χ2n) is 5.66. The van der Waals surface area contributed by atoms with Crippen molar-refractivity contribution in [3.8, 4) is 11.5 Å². The Morgan fingerprint density at radius 3 is 2.39 bits per heavy atom. The molecule has 4 heteroatoms. The molecule has 0 saturated carbocycles. The van der Waals surface area contributed by atoms with E-state index >= 15 is 0 Å². The highest BCUT2D eigenvalue weighted by Gasteiger charge is 2.16. The Bertz CT molecular complexity index is 613. The van der Waals surface area contributed by atoms with Gasteiger partial charge in [-0.2, -0.15) is 0 Å². The van der Waals surface area contributed by atoms with Crippen LogP contribution < -0.4 is 9.47 Å². The Balaban J connectivity index is 2.20. The highest BCUT2D eigenvalue weighted by Crippen LogP contribution is 2.27. The van der Waals surface area contributed by atoms with E-state index in [2.05, 4.69) is 43.3 Å². The fraction of sp³-hybridized carbons (Fsp3) is 0.368. The molecule has 124 valence electrons. The van der Waals surface area contributed by atoms with Gasteiger partial charge in [-0.3, -0.25) is 0 Å². The first kappa shape index (κ1) is 17.3. The van der Waals surface area contributed by atoms with E-state index in [-0.39, 0.29) is 12.8 Å². The normalized spacial score (nSPS) is 12.2. The van der Waals surface area contributed by atoms with Crippen molar-refractivity contribution in [2.45, 2.75) is 12.5 Å². The zero-order valence-electron chi connectivity index (χ0n) is 14.3. The van der Waals surface area contributed by atoms with Crippen LogP contribution in [-0.2, 0) is 11.2 Å². The molecule has 0 amide bonds. The lowest BCUT2D eigenvalue weighted by molar-refractivity contribution is 0.0510. The van der Waals surface area contributed by atoms with Gasteiger partial charge in [-0.1, -0.05) is 24.3 Å². The SMILES string of the molecule is COCOc1cccc(C(Cc2cccc(OC)c2)N(C)C)c1. The molecule has 0 aliphatic heterocycles. The van der Waals surface area contributed by atoms with Gasteiger partial charge in [-0.15, -0.1) is 0 Å². The van der Waals surface area contributed by atoms with Crippen molar-refractivity contribution >= 4 is 0 Å². The molecule has 0 saturated heterocycles. The summed E-state index contributed by atoms with van der Waals surface area (Å²) in [5, 5.41) is 0. The first-order valence-corrected chi connectivity index (χ1v) is 7.65.